The van der Waals surface area contributed by atoms with E-state index in [4.69, 9.17) is 0 Å². The quantitative estimate of drug-likeness (QED) is 0.521. The molecule has 0 spiro atoms. The molecule has 0 aliphatic carbocycles. The monoisotopic (exact) mass is 297 g/mol. The normalized spacial score (nSPS) is 19.2. The van der Waals surface area contributed by atoms with E-state index in [0.717, 1.165) is 0 Å². The van der Waals surface area contributed by atoms with Gasteiger partial charge < -0.3 is 0 Å². The Labute approximate surface area is 113 Å². The van der Waals surface area contributed by atoms with Crippen molar-refractivity contribution in [1.29, 1.82) is 0 Å². The van der Waals surface area contributed by atoms with Crippen LogP contribution < -0.4 is 0 Å². The molecule has 0 aromatic heterocycles. The van der Waals surface area contributed by atoms with Gasteiger partial charge in [0.05, 0.1) is 0 Å². The third-order valence-electron chi connectivity index (χ3n) is 3.93. The van der Waals surface area contributed by atoms with Gasteiger partial charge in [0.1, 0.15) is 0 Å². The first-order chi connectivity index (χ1) is 8.17. The van der Waals surface area contributed by atoms with E-state index in [2.05, 4.69) is 41.3 Å². The van der Waals surface area contributed by atoms with E-state index < -0.39 is 16.5 Å². The van der Waals surface area contributed by atoms with E-state index in [1.165, 1.54) is 50.7 Å². The Kier molecular flexibility index (Phi) is 7.87. The summed E-state index contributed by atoms with van der Waals surface area (Å²) in [4.78, 5) is 6.55. The zero-order chi connectivity index (χ0) is 12.7. The summed E-state index contributed by atoms with van der Waals surface area (Å²) in [6, 6.07) is 0. The van der Waals surface area contributed by atoms with Crippen LogP contribution in [0.3, 0.4) is 0 Å². The fourth-order valence-electron chi connectivity index (χ4n) is 2.74. The molecule has 0 aromatic carbocycles. The van der Waals surface area contributed by atoms with E-state index in [9.17, 15) is 0 Å². The molecular formula is C13H30GaN3. The fraction of sp³-hybridized carbons (Fsp3) is 1.00. The van der Waals surface area contributed by atoms with Crippen molar-refractivity contribution in [2.45, 2.75) is 31.7 Å². The molecule has 4 heteroatoms. The summed E-state index contributed by atoms with van der Waals surface area (Å²) in [5, 5.41) is 1.47. The molecule has 0 atom stereocenters. The molecule has 1 heterocycles. The molecule has 3 nitrogen and oxygen atoms in total. The zero-order valence-electron chi connectivity index (χ0n) is 12.3. The molecule has 0 bridgehead atoms. The van der Waals surface area contributed by atoms with Gasteiger partial charge >= 0.3 is 113 Å². The Morgan fingerprint density at radius 2 is 1.82 bits per heavy atom. The molecule has 1 rings (SSSR count). The van der Waals surface area contributed by atoms with Crippen LogP contribution in [0.2, 0.25) is 4.98 Å². The summed E-state index contributed by atoms with van der Waals surface area (Å²) >= 11 is -1.14. The van der Waals surface area contributed by atoms with Crippen LogP contribution >= 0.6 is 0 Å². The molecule has 100 valence electrons. The SMILES string of the molecule is CCN1CC[N](CC)[Ga]([CH2]CCCN(C)C)[CH2]1. The number of hydrogen-bond donors (Lipinski definition) is 0. The Morgan fingerprint density at radius 3 is 2.41 bits per heavy atom. The number of nitrogens with zero attached hydrogens (tertiary/aromatic N) is 3. The van der Waals surface area contributed by atoms with Crippen LogP contribution in [0.15, 0.2) is 0 Å². The van der Waals surface area contributed by atoms with Crippen molar-refractivity contribution in [2.24, 2.45) is 0 Å². The van der Waals surface area contributed by atoms with Crippen molar-refractivity contribution in [3.05, 3.63) is 0 Å². The summed E-state index contributed by atoms with van der Waals surface area (Å²) in [6.45, 7) is 11.1. The van der Waals surface area contributed by atoms with Crippen LogP contribution in [0.1, 0.15) is 26.7 Å². The molecule has 0 amide bonds. The third kappa shape index (κ3) is 5.79. The van der Waals surface area contributed by atoms with Crippen LogP contribution in [0.4, 0.5) is 0 Å². The molecule has 0 saturated carbocycles. The van der Waals surface area contributed by atoms with E-state index >= 15 is 0 Å². The van der Waals surface area contributed by atoms with E-state index in [1.807, 2.05) is 0 Å². The molecule has 1 fully saturated rings. The van der Waals surface area contributed by atoms with Crippen molar-refractivity contribution < 1.29 is 0 Å². The molecule has 1 aliphatic heterocycles. The molecule has 1 saturated heterocycles. The molecular weight excluding hydrogens is 268 g/mol. The second kappa shape index (κ2) is 8.59. The van der Waals surface area contributed by atoms with Gasteiger partial charge in [-0.25, -0.2) is 0 Å². The fourth-order valence-corrected chi connectivity index (χ4v) is 10.2. The number of unbranched alkanes of at least 4 members (excludes halogenated alkanes) is 1. The Morgan fingerprint density at radius 1 is 1.06 bits per heavy atom. The maximum atomic E-state index is 2.86. The Hall–Kier alpha value is 0.516. The van der Waals surface area contributed by atoms with Crippen LogP contribution in [-0.2, 0) is 0 Å². The first kappa shape index (κ1) is 15.6. The van der Waals surface area contributed by atoms with Gasteiger partial charge in [-0.1, -0.05) is 0 Å². The summed E-state index contributed by atoms with van der Waals surface area (Å²) in [7, 11) is 4.36. The van der Waals surface area contributed by atoms with Crippen LogP contribution in [0, 0.1) is 0 Å². The predicted octanol–water partition coefficient (Wildman–Crippen LogP) is 1.52. The van der Waals surface area contributed by atoms with Gasteiger partial charge in [0, 0.05) is 0 Å². The molecule has 17 heavy (non-hydrogen) atoms. The summed E-state index contributed by atoms with van der Waals surface area (Å²) in [5.74, 6) is 0. The van der Waals surface area contributed by atoms with E-state index in [-0.39, 0.29) is 0 Å². The van der Waals surface area contributed by atoms with Crippen molar-refractivity contribution in [3.8, 4) is 0 Å². The Bertz CT molecular complexity index is 199. The molecule has 0 N–H and O–H groups in total. The standard InChI is InChI=1S/C7H16N2.C6H14N.Ga/c1-4-8-6-7-9(3)5-2;1-4-5-6-7(2)3;/h3-7H2,1-2H3;1,4-6H2,2-3H3;/q-1;;+1. The second-order valence-corrected chi connectivity index (χ2v) is 11.7. The van der Waals surface area contributed by atoms with Crippen molar-refractivity contribution in [1.82, 2.24) is 13.4 Å². The maximum absolute atomic E-state index is 2.86. The average Bonchev–Trinajstić information content (AvgIpc) is 2.34. The van der Waals surface area contributed by atoms with Gasteiger partial charge in [-0.05, 0) is 0 Å². The number of rotatable bonds is 7. The molecule has 0 aromatic rings. The predicted molar refractivity (Wildman–Crippen MR) is 77.7 cm³/mol. The summed E-state index contributed by atoms with van der Waals surface area (Å²) in [6.07, 6.45) is 2.84. The minimum atomic E-state index is -1.14. The van der Waals surface area contributed by atoms with Crippen molar-refractivity contribution >= 4 is 16.5 Å². The molecule has 0 radical (unpaired) electrons. The topological polar surface area (TPSA) is 9.72 Å². The van der Waals surface area contributed by atoms with E-state index in [1.54, 1.807) is 4.98 Å². The van der Waals surface area contributed by atoms with Gasteiger partial charge in [0.25, 0.3) is 0 Å². The Balaban J connectivity index is 2.26. The zero-order valence-corrected chi connectivity index (χ0v) is 14.7. The van der Waals surface area contributed by atoms with Gasteiger partial charge in [0.15, 0.2) is 0 Å². The number of hydrogen-bond acceptors (Lipinski definition) is 3. The first-order valence-corrected chi connectivity index (χ1v) is 11.8. The van der Waals surface area contributed by atoms with Gasteiger partial charge in [0.2, 0.25) is 0 Å². The summed E-state index contributed by atoms with van der Waals surface area (Å²) < 4.78 is 2.86. The van der Waals surface area contributed by atoms with Crippen molar-refractivity contribution in [2.75, 3.05) is 51.9 Å². The molecule has 0 unspecified atom stereocenters. The minimum absolute atomic E-state index is 1.14. The van der Waals surface area contributed by atoms with Crippen LogP contribution in [0.5, 0.6) is 0 Å². The first-order valence-electron chi connectivity index (χ1n) is 7.28. The third-order valence-corrected chi connectivity index (χ3v) is 11.6. The van der Waals surface area contributed by atoms with Crippen LogP contribution in [-0.4, -0.2) is 81.8 Å². The van der Waals surface area contributed by atoms with E-state index in [0.29, 0.717) is 0 Å². The average molecular weight is 298 g/mol. The van der Waals surface area contributed by atoms with Gasteiger partial charge in [-0.15, -0.1) is 0 Å². The summed E-state index contributed by atoms with van der Waals surface area (Å²) in [5.41, 5.74) is 0. The number of likely N-dealkylation sites (N-methyl/N-ethyl adjacent to an activating group) is 2. The van der Waals surface area contributed by atoms with Crippen molar-refractivity contribution in [3.63, 3.8) is 0 Å². The second-order valence-electron chi connectivity index (χ2n) is 5.47. The van der Waals surface area contributed by atoms with Crippen LogP contribution in [0.25, 0.3) is 0 Å². The van der Waals surface area contributed by atoms with Gasteiger partial charge in [-0.3, -0.25) is 0 Å². The molecule has 1 aliphatic rings. The van der Waals surface area contributed by atoms with Gasteiger partial charge in [-0.2, -0.15) is 0 Å².